The number of rotatable bonds is 5. The van der Waals surface area contributed by atoms with Crippen LogP contribution in [0.2, 0.25) is 0 Å². The van der Waals surface area contributed by atoms with Crippen LogP contribution in [0.25, 0.3) is 0 Å². The van der Waals surface area contributed by atoms with Crippen molar-refractivity contribution in [3.63, 3.8) is 0 Å². The average Bonchev–Trinajstić information content (AvgIpc) is 2.76. The van der Waals surface area contributed by atoms with Crippen LogP contribution in [-0.4, -0.2) is 25.0 Å². The second-order valence-electron chi connectivity index (χ2n) is 5.39. The number of carbonyl (C=O) groups is 1. The summed E-state index contributed by atoms with van der Waals surface area (Å²) in [4.78, 5) is 11.5. The predicted octanol–water partition coefficient (Wildman–Crippen LogP) is 1.79. The molecule has 0 spiro atoms. The van der Waals surface area contributed by atoms with Gasteiger partial charge in [-0.25, -0.2) is 13.1 Å². The topological polar surface area (TPSA) is 107 Å². The van der Waals surface area contributed by atoms with E-state index in [4.69, 9.17) is 5.26 Å². The van der Waals surface area contributed by atoms with Gasteiger partial charge in [0.15, 0.2) is 0 Å². The second-order valence-corrected chi connectivity index (χ2v) is 8.38. The Hall–Kier alpha value is -1.43. The number of sulfonamides is 1. The first-order chi connectivity index (χ1) is 8.94. The van der Waals surface area contributed by atoms with Crippen LogP contribution in [0.1, 0.15) is 32.6 Å². The second kappa shape index (κ2) is 5.16. The first-order valence-corrected chi connectivity index (χ1v) is 8.01. The molecular weight excluding hydrogens is 300 g/mol. The van der Waals surface area contributed by atoms with Gasteiger partial charge in [0.2, 0.25) is 0 Å². The lowest BCUT2D eigenvalue weighted by Gasteiger charge is -2.38. The van der Waals surface area contributed by atoms with Gasteiger partial charge in [0.1, 0.15) is 15.2 Å². The van der Waals surface area contributed by atoms with Crippen LogP contribution in [0, 0.1) is 16.7 Å². The van der Waals surface area contributed by atoms with Gasteiger partial charge in [0, 0.05) is 5.54 Å². The number of nitriles is 1. The van der Waals surface area contributed by atoms with Gasteiger partial charge in [0.25, 0.3) is 10.0 Å². The van der Waals surface area contributed by atoms with Crippen molar-refractivity contribution in [3.8, 4) is 6.07 Å². The molecule has 20 heavy (non-hydrogen) atoms. The largest absolute Gasteiger partial charge is 0.481 e. The van der Waals surface area contributed by atoms with E-state index in [0.29, 0.717) is 0 Å². The van der Waals surface area contributed by atoms with E-state index < -0.39 is 26.9 Å². The Kier molecular flexibility index (Phi) is 4.29. The van der Waals surface area contributed by atoms with E-state index >= 15 is 0 Å². The fourth-order valence-corrected chi connectivity index (χ4v) is 3.95. The van der Waals surface area contributed by atoms with Gasteiger partial charge >= 0.3 is 5.97 Å². The van der Waals surface area contributed by atoms with E-state index in [9.17, 15) is 18.3 Å². The lowest BCUT2D eigenvalue weighted by atomic mass is 9.75. The van der Waals surface area contributed by atoms with E-state index in [2.05, 4.69) is 4.72 Å². The zero-order valence-corrected chi connectivity index (χ0v) is 13.2. The molecule has 0 amide bonds. The van der Waals surface area contributed by atoms with Crippen LogP contribution in [0.5, 0.6) is 0 Å². The highest BCUT2D eigenvalue weighted by molar-refractivity contribution is 7.91. The Balaban J connectivity index is 3.14. The molecule has 0 fully saturated rings. The molecule has 0 atom stereocenters. The summed E-state index contributed by atoms with van der Waals surface area (Å²) in [5.41, 5.74) is -2.50. The van der Waals surface area contributed by atoms with Gasteiger partial charge in [-0.05, 0) is 39.8 Å². The lowest BCUT2D eigenvalue weighted by molar-refractivity contribution is -0.150. The van der Waals surface area contributed by atoms with Crippen molar-refractivity contribution in [2.45, 2.75) is 37.4 Å². The summed E-state index contributed by atoms with van der Waals surface area (Å²) in [6.45, 7) is 5.93. The smallest absolute Gasteiger partial charge is 0.310 e. The maximum absolute atomic E-state index is 12.2. The monoisotopic (exact) mass is 316 g/mol. The Morgan fingerprint density at radius 2 is 1.90 bits per heavy atom. The summed E-state index contributed by atoms with van der Waals surface area (Å²) < 4.78 is 26.9. The first-order valence-electron chi connectivity index (χ1n) is 5.71. The summed E-state index contributed by atoms with van der Waals surface area (Å²) in [6, 6.07) is 4.60. The Bertz CT molecular complexity index is 666. The third kappa shape index (κ3) is 3.00. The number of carboxylic acids is 1. The van der Waals surface area contributed by atoms with Crippen molar-refractivity contribution >= 4 is 27.3 Å². The van der Waals surface area contributed by atoms with Crippen molar-refractivity contribution in [3.05, 3.63) is 17.0 Å². The number of hydrogen-bond acceptors (Lipinski definition) is 5. The molecule has 0 saturated heterocycles. The summed E-state index contributed by atoms with van der Waals surface area (Å²) in [7, 11) is -3.87. The number of aliphatic carboxylic acids is 1. The summed E-state index contributed by atoms with van der Waals surface area (Å²) in [5, 5.41) is 17.9. The minimum absolute atomic E-state index is 0.0108. The number of nitrogens with one attached hydrogen (secondary N) is 1. The van der Waals surface area contributed by atoms with E-state index in [1.54, 1.807) is 0 Å². The maximum atomic E-state index is 12.2. The zero-order chi connectivity index (χ0) is 15.8. The normalized spacial score (nSPS) is 12.9. The van der Waals surface area contributed by atoms with Gasteiger partial charge in [-0.15, -0.1) is 11.3 Å². The van der Waals surface area contributed by atoms with Crippen molar-refractivity contribution in [2.24, 2.45) is 5.41 Å². The molecule has 0 bridgehead atoms. The van der Waals surface area contributed by atoms with Crippen LogP contribution in [-0.2, 0) is 14.8 Å². The molecule has 0 aliphatic carbocycles. The van der Waals surface area contributed by atoms with E-state index in [-0.39, 0.29) is 9.09 Å². The quantitative estimate of drug-likeness (QED) is 0.861. The van der Waals surface area contributed by atoms with Crippen molar-refractivity contribution in [1.82, 2.24) is 4.72 Å². The fraction of sp³-hybridized carbons (Fsp3) is 0.500. The first kappa shape index (κ1) is 16.6. The SMILES string of the molecule is CC(C)(NS(=O)(=O)c1ccc(C#N)s1)C(C)(C)C(=O)O. The highest BCUT2D eigenvalue weighted by atomic mass is 32.2. The Morgan fingerprint density at radius 3 is 2.30 bits per heavy atom. The molecule has 0 radical (unpaired) electrons. The highest BCUT2D eigenvalue weighted by Crippen LogP contribution is 2.33. The average molecular weight is 316 g/mol. The highest BCUT2D eigenvalue weighted by Gasteiger charge is 2.46. The number of nitrogens with zero attached hydrogens (tertiary/aromatic N) is 1. The third-order valence-electron chi connectivity index (χ3n) is 3.44. The molecule has 0 aliphatic heterocycles. The molecule has 1 aromatic rings. The molecular formula is C12H16N2O4S2. The van der Waals surface area contributed by atoms with Crippen LogP contribution >= 0.6 is 11.3 Å². The molecule has 110 valence electrons. The van der Waals surface area contributed by atoms with Gasteiger partial charge in [0.05, 0.1) is 5.41 Å². The van der Waals surface area contributed by atoms with Gasteiger partial charge in [-0.2, -0.15) is 5.26 Å². The number of carboxylic acid groups (broad SMARTS) is 1. The molecule has 1 heterocycles. The standard InChI is InChI=1S/C12H16N2O4S2/c1-11(2,10(15)16)12(3,4)14-20(17,18)9-6-5-8(7-13)19-9/h5-6,14H,1-4H3,(H,15,16). The molecule has 1 rings (SSSR count). The minimum atomic E-state index is -3.87. The van der Waals surface area contributed by atoms with Crippen LogP contribution in [0.3, 0.4) is 0 Å². The summed E-state index contributed by atoms with van der Waals surface area (Å²) in [6.07, 6.45) is 0. The Morgan fingerprint density at radius 1 is 1.35 bits per heavy atom. The minimum Gasteiger partial charge on any atom is -0.481 e. The van der Waals surface area contributed by atoms with E-state index in [1.165, 1.54) is 39.8 Å². The van der Waals surface area contributed by atoms with Crippen molar-refractivity contribution in [2.75, 3.05) is 0 Å². The molecule has 0 unspecified atom stereocenters. The lowest BCUT2D eigenvalue weighted by Crippen LogP contribution is -2.56. The number of hydrogen-bond donors (Lipinski definition) is 2. The van der Waals surface area contributed by atoms with Crippen molar-refractivity contribution < 1.29 is 18.3 Å². The van der Waals surface area contributed by atoms with Gasteiger partial charge in [-0.3, -0.25) is 4.79 Å². The van der Waals surface area contributed by atoms with Crippen molar-refractivity contribution in [1.29, 1.82) is 5.26 Å². The van der Waals surface area contributed by atoms with Crippen LogP contribution in [0.4, 0.5) is 0 Å². The molecule has 0 aliphatic rings. The molecule has 1 aromatic heterocycles. The molecule has 8 heteroatoms. The predicted molar refractivity (Wildman–Crippen MR) is 74.9 cm³/mol. The fourth-order valence-electron chi connectivity index (χ4n) is 1.31. The van der Waals surface area contributed by atoms with Gasteiger partial charge < -0.3 is 5.11 Å². The molecule has 0 saturated carbocycles. The van der Waals surface area contributed by atoms with E-state index in [1.807, 2.05) is 6.07 Å². The van der Waals surface area contributed by atoms with Crippen LogP contribution in [0.15, 0.2) is 16.3 Å². The zero-order valence-electron chi connectivity index (χ0n) is 11.6. The Labute approximate surface area is 122 Å². The molecule has 0 aromatic carbocycles. The third-order valence-corrected chi connectivity index (χ3v) is 6.58. The molecule has 2 N–H and O–H groups in total. The summed E-state index contributed by atoms with van der Waals surface area (Å²) >= 11 is 0.841. The molecule has 6 nitrogen and oxygen atoms in total. The van der Waals surface area contributed by atoms with Crippen LogP contribution < -0.4 is 4.72 Å². The van der Waals surface area contributed by atoms with Gasteiger partial charge in [-0.1, -0.05) is 0 Å². The maximum Gasteiger partial charge on any atom is 0.310 e. The summed E-state index contributed by atoms with van der Waals surface area (Å²) in [5.74, 6) is -1.10. The number of thiophene rings is 1. The van der Waals surface area contributed by atoms with E-state index in [0.717, 1.165) is 11.3 Å².